The molecule has 0 amide bonds. The minimum absolute atomic E-state index is 0.566. The van der Waals surface area contributed by atoms with Crippen LogP contribution in [-0.4, -0.2) is 6.21 Å². The van der Waals surface area contributed by atoms with Gasteiger partial charge in [0.25, 0.3) is 0 Å². The maximum absolute atomic E-state index is 4.58. The zero-order chi connectivity index (χ0) is 14.7. The van der Waals surface area contributed by atoms with Crippen molar-refractivity contribution < 1.29 is 0 Å². The zero-order valence-corrected chi connectivity index (χ0v) is 12.5. The summed E-state index contributed by atoms with van der Waals surface area (Å²) in [5.74, 6) is 0.566. The average molecular weight is 273 g/mol. The molecule has 0 bridgehead atoms. The number of rotatable bonds is 3. The lowest BCUT2D eigenvalue weighted by molar-refractivity contribution is 0.866. The Morgan fingerprint density at radius 1 is 0.810 bits per heavy atom. The van der Waals surface area contributed by atoms with Crippen LogP contribution in [0.5, 0.6) is 0 Å². The molecule has 0 aromatic heterocycles. The second kappa shape index (κ2) is 5.92. The summed E-state index contributed by atoms with van der Waals surface area (Å²) in [6.07, 6.45) is 1.92. The Labute approximate surface area is 126 Å². The zero-order valence-electron chi connectivity index (χ0n) is 12.5. The van der Waals surface area contributed by atoms with Crippen molar-refractivity contribution in [2.75, 3.05) is 0 Å². The van der Waals surface area contributed by atoms with Gasteiger partial charge in [0.15, 0.2) is 0 Å². The Morgan fingerprint density at radius 3 is 2.24 bits per heavy atom. The summed E-state index contributed by atoms with van der Waals surface area (Å²) in [6.45, 7) is 4.41. The van der Waals surface area contributed by atoms with Crippen LogP contribution >= 0.6 is 0 Å². The summed E-state index contributed by atoms with van der Waals surface area (Å²) in [5.41, 5.74) is 3.48. The minimum atomic E-state index is 0.566. The maximum Gasteiger partial charge on any atom is 0.0636 e. The molecule has 21 heavy (non-hydrogen) atoms. The molecular formula is C20H19N. The van der Waals surface area contributed by atoms with Gasteiger partial charge in [0.2, 0.25) is 0 Å². The largest absolute Gasteiger partial charge is 0.256 e. The van der Waals surface area contributed by atoms with Crippen molar-refractivity contribution in [3.63, 3.8) is 0 Å². The first-order valence-electron chi connectivity index (χ1n) is 7.35. The highest BCUT2D eigenvalue weighted by molar-refractivity contribution is 5.87. The molecule has 3 rings (SSSR count). The van der Waals surface area contributed by atoms with Gasteiger partial charge in [-0.05, 0) is 39.9 Å². The van der Waals surface area contributed by atoms with E-state index in [1.807, 2.05) is 6.21 Å². The summed E-state index contributed by atoms with van der Waals surface area (Å²) in [4.78, 5) is 4.58. The van der Waals surface area contributed by atoms with Crippen LogP contribution in [0.15, 0.2) is 71.7 Å². The van der Waals surface area contributed by atoms with Gasteiger partial charge in [0.05, 0.1) is 5.69 Å². The summed E-state index contributed by atoms with van der Waals surface area (Å²) in [7, 11) is 0. The Morgan fingerprint density at radius 2 is 1.52 bits per heavy atom. The van der Waals surface area contributed by atoms with Gasteiger partial charge in [0.1, 0.15) is 0 Å². The first-order valence-corrected chi connectivity index (χ1v) is 7.35. The number of hydrogen-bond donors (Lipinski definition) is 0. The van der Waals surface area contributed by atoms with Crippen molar-refractivity contribution in [2.24, 2.45) is 4.99 Å². The molecule has 0 fully saturated rings. The third kappa shape index (κ3) is 3.19. The maximum atomic E-state index is 4.58. The van der Waals surface area contributed by atoms with E-state index >= 15 is 0 Å². The van der Waals surface area contributed by atoms with E-state index in [1.165, 1.54) is 16.3 Å². The van der Waals surface area contributed by atoms with E-state index in [0.717, 1.165) is 11.3 Å². The van der Waals surface area contributed by atoms with E-state index in [4.69, 9.17) is 0 Å². The fourth-order valence-corrected chi connectivity index (χ4v) is 2.37. The van der Waals surface area contributed by atoms with Gasteiger partial charge < -0.3 is 0 Å². The normalized spacial score (nSPS) is 11.6. The first kappa shape index (κ1) is 13.6. The van der Waals surface area contributed by atoms with Gasteiger partial charge in [-0.1, -0.05) is 68.4 Å². The third-order valence-electron chi connectivity index (χ3n) is 3.70. The van der Waals surface area contributed by atoms with E-state index in [-0.39, 0.29) is 0 Å². The lowest BCUT2D eigenvalue weighted by Crippen LogP contribution is -1.87. The monoisotopic (exact) mass is 273 g/mol. The number of hydrogen-bond acceptors (Lipinski definition) is 1. The smallest absolute Gasteiger partial charge is 0.0636 e. The molecule has 104 valence electrons. The second-order valence-electron chi connectivity index (χ2n) is 5.61. The number of fused-ring (bicyclic) bond motifs is 1. The lowest BCUT2D eigenvalue weighted by atomic mass is 10.0. The highest BCUT2D eigenvalue weighted by Crippen LogP contribution is 2.21. The van der Waals surface area contributed by atoms with Gasteiger partial charge in [-0.2, -0.15) is 0 Å². The van der Waals surface area contributed by atoms with Crippen molar-refractivity contribution in [2.45, 2.75) is 19.8 Å². The SMILES string of the molecule is CC(C)c1ccc(C=Nc2ccc3ccccc3c2)cc1. The van der Waals surface area contributed by atoms with E-state index in [1.54, 1.807) is 0 Å². The number of benzene rings is 3. The van der Waals surface area contributed by atoms with Crippen LogP contribution in [-0.2, 0) is 0 Å². The first-order chi connectivity index (χ1) is 10.2. The van der Waals surface area contributed by atoms with Crippen LogP contribution in [0, 0.1) is 0 Å². The third-order valence-corrected chi connectivity index (χ3v) is 3.70. The van der Waals surface area contributed by atoms with Gasteiger partial charge in [-0.15, -0.1) is 0 Å². The van der Waals surface area contributed by atoms with E-state index in [9.17, 15) is 0 Å². The quantitative estimate of drug-likeness (QED) is 0.542. The van der Waals surface area contributed by atoms with Crippen molar-refractivity contribution in [3.8, 4) is 0 Å². The predicted molar refractivity (Wildman–Crippen MR) is 91.7 cm³/mol. The Hall–Kier alpha value is -2.41. The van der Waals surface area contributed by atoms with Crippen molar-refractivity contribution in [1.29, 1.82) is 0 Å². The number of aliphatic imine (C=N–C) groups is 1. The Balaban J connectivity index is 1.83. The van der Waals surface area contributed by atoms with Gasteiger partial charge in [-0.25, -0.2) is 0 Å². The molecule has 0 aliphatic heterocycles. The van der Waals surface area contributed by atoms with Crippen LogP contribution in [0.25, 0.3) is 10.8 Å². The van der Waals surface area contributed by atoms with Crippen LogP contribution < -0.4 is 0 Å². The molecule has 0 saturated carbocycles. The summed E-state index contributed by atoms with van der Waals surface area (Å²) in [5, 5.41) is 2.47. The minimum Gasteiger partial charge on any atom is -0.256 e. The summed E-state index contributed by atoms with van der Waals surface area (Å²) < 4.78 is 0. The summed E-state index contributed by atoms with van der Waals surface area (Å²) in [6, 6.07) is 23.2. The van der Waals surface area contributed by atoms with Crippen molar-refractivity contribution >= 4 is 22.7 Å². The Bertz CT molecular complexity index is 767. The molecule has 0 unspecified atom stereocenters. The molecule has 0 saturated heterocycles. The van der Waals surface area contributed by atoms with Crippen LogP contribution in [0.2, 0.25) is 0 Å². The topological polar surface area (TPSA) is 12.4 Å². The van der Waals surface area contributed by atoms with E-state index in [2.05, 4.69) is 85.6 Å². The Kier molecular flexibility index (Phi) is 3.83. The molecular weight excluding hydrogens is 254 g/mol. The van der Waals surface area contributed by atoms with Gasteiger partial charge in [-0.3, -0.25) is 4.99 Å². The molecule has 0 radical (unpaired) electrons. The number of nitrogens with zero attached hydrogens (tertiary/aromatic N) is 1. The van der Waals surface area contributed by atoms with Crippen LogP contribution in [0.3, 0.4) is 0 Å². The van der Waals surface area contributed by atoms with E-state index < -0.39 is 0 Å². The molecule has 0 N–H and O–H groups in total. The highest BCUT2D eigenvalue weighted by atomic mass is 14.7. The fourth-order valence-electron chi connectivity index (χ4n) is 2.37. The molecule has 1 nitrogen and oxygen atoms in total. The van der Waals surface area contributed by atoms with E-state index in [0.29, 0.717) is 5.92 Å². The highest BCUT2D eigenvalue weighted by Gasteiger charge is 1.98. The van der Waals surface area contributed by atoms with Crippen molar-refractivity contribution in [3.05, 3.63) is 77.9 Å². The van der Waals surface area contributed by atoms with Crippen molar-refractivity contribution in [1.82, 2.24) is 0 Å². The average Bonchev–Trinajstić information content (AvgIpc) is 2.53. The molecule has 3 aromatic rings. The molecule has 0 spiro atoms. The molecule has 0 heterocycles. The standard InChI is InChI=1S/C20H19N/c1-15(2)17-9-7-16(8-10-17)14-21-20-12-11-18-5-3-4-6-19(18)13-20/h3-15H,1-2H3. The summed E-state index contributed by atoms with van der Waals surface area (Å²) >= 11 is 0. The fraction of sp³-hybridized carbons (Fsp3) is 0.150. The van der Waals surface area contributed by atoms with Crippen LogP contribution in [0.4, 0.5) is 5.69 Å². The predicted octanol–water partition coefficient (Wildman–Crippen LogP) is 5.71. The molecule has 3 aromatic carbocycles. The van der Waals surface area contributed by atoms with Gasteiger partial charge in [0, 0.05) is 6.21 Å². The second-order valence-corrected chi connectivity index (χ2v) is 5.61. The molecule has 0 atom stereocenters. The lowest BCUT2D eigenvalue weighted by Gasteiger charge is -2.04. The van der Waals surface area contributed by atoms with Crippen LogP contribution in [0.1, 0.15) is 30.9 Å². The molecule has 0 aliphatic carbocycles. The molecule has 1 heteroatoms. The van der Waals surface area contributed by atoms with Gasteiger partial charge >= 0.3 is 0 Å². The molecule has 0 aliphatic rings.